The van der Waals surface area contributed by atoms with Crippen molar-refractivity contribution in [1.82, 2.24) is 0 Å². The van der Waals surface area contributed by atoms with Crippen molar-refractivity contribution in [3.8, 4) is 11.5 Å². The minimum Gasteiger partial charge on any atom is -0.486 e. The summed E-state index contributed by atoms with van der Waals surface area (Å²) in [6, 6.07) is 16.0. The Balaban J connectivity index is 1.61. The maximum Gasteiger partial charge on any atom is 0.275 e. The van der Waals surface area contributed by atoms with Crippen LogP contribution >= 0.6 is 0 Å². The van der Waals surface area contributed by atoms with Gasteiger partial charge in [0.15, 0.2) is 18.0 Å². The highest BCUT2D eigenvalue weighted by Crippen LogP contribution is 2.41. The molecule has 0 fully saturated rings. The van der Waals surface area contributed by atoms with E-state index in [2.05, 4.69) is 21.6 Å². The van der Waals surface area contributed by atoms with E-state index in [1.54, 1.807) is 0 Å². The molecule has 1 N–H and O–H groups in total. The third kappa shape index (κ3) is 2.77. The molecule has 140 valence electrons. The lowest BCUT2D eigenvalue weighted by molar-refractivity contribution is -0.534. The number of benzene rings is 2. The number of rotatable bonds is 2. The first kappa shape index (κ1) is 16.6. The van der Waals surface area contributed by atoms with Crippen molar-refractivity contribution in [2.45, 2.75) is 31.4 Å². The zero-order valence-corrected chi connectivity index (χ0v) is 15.4. The molecular weight excluding hydrogens is 340 g/mol. The maximum atomic E-state index is 12.0. The van der Waals surface area contributed by atoms with Crippen LogP contribution < -0.4 is 14.4 Å². The Morgan fingerprint density at radius 3 is 2.59 bits per heavy atom. The van der Waals surface area contributed by atoms with Gasteiger partial charge in [-0.05, 0) is 49.6 Å². The second kappa shape index (κ2) is 6.57. The number of para-hydroxylation sites is 1. The van der Waals surface area contributed by atoms with Gasteiger partial charge in [0.1, 0.15) is 18.9 Å². The van der Waals surface area contributed by atoms with E-state index < -0.39 is 5.72 Å². The number of ether oxygens (including phenoxy) is 2. The van der Waals surface area contributed by atoms with Crippen molar-refractivity contribution < 1.29 is 19.2 Å². The fourth-order valence-electron chi connectivity index (χ4n) is 4.48. The van der Waals surface area contributed by atoms with Crippen LogP contribution in [-0.2, 0) is 5.72 Å². The average molecular weight is 365 g/mol. The normalized spacial score (nSPS) is 24.6. The Labute approximate surface area is 159 Å². The molecule has 2 aromatic carbocycles. The lowest BCUT2D eigenvalue weighted by Gasteiger charge is -2.30. The Bertz CT molecular complexity index is 880. The third-order valence-corrected chi connectivity index (χ3v) is 5.75. The number of hydrogen-bond acceptors (Lipinski definition) is 4. The lowest BCUT2D eigenvalue weighted by atomic mass is 9.99. The molecule has 0 bridgehead atoms. The largest absolute Gasteiger partial charge is 0.486 e. The second-order valence-corrected chi connectivity index (χ2v) is 7.49. The SMILES string of the molecule is O[C@]1(c2ccc3c(c2)OCCO3)C[N+]2=C(CCCCC2)N1c1ccccc1. The van der Waals surface area contributed by atoms with Gasteiger partial charge in [-0.3, -0.25) is 4.58 Å². The monoisotopic (exact) mass is 365 g/mol. The predicted octanol–water partition coefficient (Wildman–Crippen LogP) is 3.11. The van der Waals surface area contributed by atoms with E-state index in [1.165, 1.54) is 18.7 Å². The molecule has 27 heavy (non-hydrogen) atoms. The predicted molar refractivity (Wildman–Crippen MR) is 104 cm³/mol. The molecule has 3 aliphatic heterocycles. The smallest absolute Gasteiger partial charge is 0.275 e. The molecule has 0 amide bonds. The molecule has 5 rings (SSSR count). The molecule has 0 saturated heterocycles. The van der Waals surface area contributed by atoms with Gasteiger partial charge in [0.25, 0.3) is 11.6 Å². The highest BCUT2D eigenvalue weighted by molar-refractivity contribution is 5.97. The van der Waals surface area contributed by atoms with Crippen LogP contribution in [0.4, 0.5) is 5.69 Å². The van der Waals surface area contributed by atoms with E-state index in [9.17, 15) is 5.11 Å². The van der Waals surface area contributed by atoms with E-state index >= 15 is 0 Å². The van der Waals surface area contributed by atoms with Crippen LogP contribution in [-0.4, -0.2) is 41.8 Å². The summed E-state index contributed by atoms with van der Waals surface area (Å²) in [6.45, 7) is 2.67. The molecule has 5 heteroatoms. The Morgan fingerprint density at radius 2 is 1.74 bits per heavy atom. The number of hydrogen-bond donors (Lipinski definition) is 1. The first-order valence-electron chi connectivity index (χ1n) is 9.84. The van der Waals surface area contributed by atoms with Gasteiger partial charge in [-0.25, -0.2) is 0 Å². The summed E-state index contributed by atoms with van der Waals surface area (Å²) >= 11 is 0. The van der Waals surface area contributed by atoms with Crippen molar-refractivity contribution >= 4 is 11.5 Å². The number of nitrogens with zero attached hydrogens (tertiary/aromatic N) is 2. The van der Waals surface area contributed by atoms with E-state index in [-0.39, 0.29) is 0 Å². The van der Waals surface area contributed by atoms with Crippen molar-refractivity contribution in [3.05, 3.63) is 54.1 Å². The third-order valence-electron chi connectivity index (χ3n) is 5.75. The summed E-state index contributed by atoms with van der Waals surface area (Å²) in [5.74, 6) is 2.68. The minimum atomic E-state index is -1.12. The number of anilines is 1. The second-order valence-electron chi connectivity index (χ2n) is 7.49. The van der Waals surface area contributed by atoms with Crippen LogP contribution in [0.3, 0.4) is 0 Å². The van der Waals surface area contributed by atoms with Crippen LogP contribution in [0.1, 0.15) is 31.2 Å². The van der Waals surface area contributed by atoms with Gasteiger partial charge in [-0.15, -0.1) is 0 Å². The Hall–Kier alpha value is -2.53. The summed E-state index contributed by atoms with van der Waals surface area (Å²) in [7, 11) is 0. The summed E-state index contributed by atoms with van der Waals surface area (Å²) in [5, 5.41) is 12.0. The first-order valence-corrected chi connectivity index (χ1v) is 9.84. The number of amidine groups is 1. The van der Waals surface area contributed by atoms with Gasteiger partial charge >= 0.3 is 0 Å². The first-order chi connectivity index (χ1) is 13.3. The molecule has 1 atom stereocenters. The summed E-state index contributed by atoms with van der Waals surface area (Å²) in [5.41, 5.74) is 0.745. The molecule has 0 spiro atoms. The van der Waals surface area contributed by atoms with Gasteiger partial charge in [0, 0.05) is 12.0 Å². The van der Waals surface area contributed by atoms with E-state index in [0.717, 1.165) is 36.4 Å². The summed E-state index contributed by atoms with van der Waals surface area (Å²) < 4.78 is 13.8. The van der Waals surface area contributed by atoms with Crippen molar-refractivity contribution in [3.63, 3.8) is 0 Å². The zero-order chi connectivity index (χ0) is 18.3. The fraction of sp³-hybridized carbons (Fsp3) is 0.409. The van der Waals surface area contributed by atoms with Crippen molar-refractivity contribution in [2.24, 2.45) is 0 Å². The van der Waals surface area contributed by atoms with Crippen LogP contribution in [0.25, 0.3) is 0 Å². The number of aliphatic hydroxyl groups is 1. The molecule has 0 unspecified atom stereocenters. The molecule has 3 heterocycles. The van der Waals surface area contributed by atoms with Gasteiger partial charge in [-0.2, -0.15) is 4.90 Å². The molecular formula is C22H25N2O3+. The highest BCUT2D eigenvalue weighted by atomic mass is 16.6. The topological polar surface area (TPSA) is 44.9 Å². The molecule has 2 aromatic rings. The zero-order valence-electron chi connectivity index (χ0n) is 15.4. The minimum absolute atomic E-state index is 0.542. The highest BCUT2D eigenvalue weighted by Gasteiger charge is 2.54. The summed E-state index contributed by atoms with van der Waals surface area (Å²) in [6.07, 6.45) is 4.56. The quantitative estimate of drug-likeness (QED) is 0.831. The fourth-order valence-corrected chi connectivity index (χ4v) is 4.48. The van der Waals surface area contributed by atoms with Crippen molar-refractivity contribution in [2.75, 3.05) is 31.2 Å². The number of fused-ring (bicyclic) bond motifs is 1. The van der Waals surface area contributed by atoms with Crippen LogP contribution in [0.5, 0.6) is 11.5 Å². The van der Waals surface area contributed by atoms with Gasteiger partial charge in [-0.1, -0.05) is 18.2 Å². The molecule has 0 aromatic heterocycles. The molecule has 5 nitrogen and oxygen atoms in total. The Kier molecular flexibility index (Phi) is 4.05. The molecule has 3 aliphatic rings. The Morgan fingerprint density at radius 1 is 0.926 bits per heavy atom. The standard InChI is InChI=1S/C22H25N2O3/c25-22(17-10-11-19-20(15-17)27-14-13-26-19)16-23-12-6-2-5-9-21(23)24(22)18-7-3-1-4-8-18/h1,3-4,7-8,10-11,15,25H,2,5-6,9,12-14,16H2/q+1/t22-/m0/s1. The lowest BCUT2D eigenvalue weighted by Crippen LogP contribution is -2.47. The molecule has 0 radical (unpaired) electrons. The van der Waals surface area contributed by atoms with Crippen molar-refractivity contribution in [1.29, 1.82) is 0 Å². The maximum absolute atomic E-state index is 12.0. The molecule has 0 saturated carbocycles. The van der Waals surface area contributed by atoms with Gasteiger partial charge < -0.3 is 14.6 Å². The van der Waals surface area contributed by atoms with Gasteiger partial charge in [0.05, 0.1) is 6.54 Å². The van der Waals surface area contributed by atoms with Crippen LogP contribution in [0.15, 0.2) is 48.5 Å². The van der Waals surface area contributed by atoms with Crippen LogP contribution in [0.2, 0.25) is 0 Å². The van der Waals surface area contributed by atoms with E-state index in [4.69, 9.17) is 9.47 Å². The van der Waals surface area contributed by atoms with Crippen LogP contribution in [0, 0.1) is 0 Å². The van der Waals surface area contributed by atoms with E-state index in [0.29, 0.717) is 25.5 Å². The molecule has 0 aliphatic carbocycles. The summed E-state index contributed by atoms with van der Waals surface area (Å²) in [4.78, 5) is 2.13. The van der Waals surface area contributed by atoms with Gasteiger partial charge in [0.2, 0.25) is 0 Å². The van der Waals surface area contributed by atoms with E-state index in [1.807, 2.05) is 36.4 Å². The average Bonchev–Trinajstić information content (AvgIpc) is 2.84.